The van der Waals surface area contributed by atoms with Crippen LogP contribution in [0.2, 0.25) is 0 Å². The Labute approximate surface area is 108 Å². The molecule has 1 saturated carbocycles. The van der Waals surface area contributed by atoms with E-state index in [2.05, 4.69) is 29.2 Å². The molecule has 1 aliphatic rings. The van der Waals surface area contributed by atoms with Gasteiger partial charge in [0, 0.05) is 11.5 Å². The van der Waals surface area contributed by atoms with E-state index in [0.717, 1.165) is 25.7 Å². The fourth-order valence-electron chi connectivity index (χ4n) is 2.82. The lowest BCUT2D eigenvalue weighted by Gasteiger charge is -2.43. The lowest BCUT2D eigenvalue weighted by Crippen LogP contribution is -2.62. The van der Waals surface area contributed by atoms with Crippen molar-refractivity contribution >= 4 is 5.91 Å². The fourth-order valence-corrected chi connectivity index (χ4v) is 2.82. The number of rotatable bonds is 6. The van der Waals surface area contributed by atoms with E-state index in [0.29, 0.717) is 19.0 Å². The molecule has 0 aromatic carbocycles. The van der Waals surface area contributed by atoms with Crippen molar-refractivity contribution in [2.45, 2.75) is 45.1 Å². The van der Waals surface area contributed by atoms with Crippen LogP contribution in [-0.2, 0) is 4.79 Å². The Morgan fingerprint density at radius 2 is 2.28 bits per heavy atom. The molecule has 0 aromatic heterocycles. The minimum absolute atomic E-state index is 0.255. The minimum Gasteiger partial charge on any atom is -0.368 e. The quantitative estimate of drug-likeness (QED) is 0.327. The number of nitrogens with one attached hydrogen (secondary N) is 1. The van der Waals surface area contributed by atoms with E-state index in [4.69, 9.17) is 11.3 Å². The van der Waals surface area contributed by atoms with Crippen LogP contribution in [0.15, 0.2) is 5.11 Å². The number of nitrogens with two attached hydrogens (primary N) is 1. The van der Waals surface area contributed by atoms with Gasteiger partial charge < -0.3 is 11.1 Å². The van der Waals surface area contributed by atoms with Gasteiger partial charge in [0.15, 0.2) is 0 Å². The van der Waals surface area contributed by atoms with Gasteiger partial charge in [-0.1, -0.05) is 25.4 Å². The van der Waals surface area contributed by atoms with Gasteiger partial charge in [-0.15, -0.1) is 0 Å². The summed E-state index contributed by atoms with van der Waals surface area (Å²) in [6.45, 7) is 5.34. The van der Waals surface area contributed by atoms with Crippen LogP contribution in [-0.4, -0.2) is 24.5 Å². The molecule has 102 valence electrons. The maximum atomic E-state index is 11.8. The molecular formula is C12H23N5O. The number of carbonyl (C=O) groups excluding carboxylic acids is 1. The van der Waals surface area contributed by atoms with Gasteiger partial charge in [0.1, 0.15) is 5.54 Å². The van der Waals surface area contributed by atoms with Gasteiger partial charge in [-0.2, -0.15) is 0 Å². The first-order valence-corrected chi connectivity index (χ1v) is 6.58. The molecule has 0 bridgehead atoms. The smallest absolute Gasteiger partial charge is 0.238 e. The molecule has 1 aliphatic carbocycles. The second-order valence-electron chi connectivity index (χ2n) is 5.36. The number of primary amides is 1. The summed E-state index contributed by atoms with van der Waals surface area (Å²) in [6.07, 6.45) is 3.69. The van der Waals surface area contributed by atoms with E-state index < -0.39 is 5.54 Å². The zero-order valence-electron chi connectivity index (χ0n) is 11.2. The number of amides is 1. The standard InChI is InChI=1S/C12H23N5O/c1-9-4-5-10(2)12(8-9,11(13)18)15-6-3-7-16-17-14/h9-10,15H,3-8H2,1-2H3,(H2,13,18). The first kappa shape index (κ1) is 14.8. The Morgan fingerprint density at radius 3 is 2.89 bits per heavy atom. The van der Waals surface area contributed by atoms with Gasteiger partial charge in [-0.3, -0.25) is 4.79 Å². The molecular weight excluding hydrogens is 230 g/mol. The molecule has 0 saturated heterocycles. The van der Waals surface area contributed by atoms with Crippen LogP contribution in [0.4, 0.5) is 0 Å². The molecule has 6 heteroatoms. The third kappa shape index (κ3) is 3.37. The zero-order valence-corrected chi connectivity index (χ0v) is 11.2. The third-order valence-electron chi connectivity index (χ3n) is 3.98. The second-order valence-corrected chi connectivity index (χ2v) is 5.36. The van der Waals surface area contributed by atoms with Gasteiger partial charge in [0.05, 0.1) is 0 Å². The van der Waals surface area contributed by atoms with Gasteiger partial charge >= 0.3 is 0 Å². The Morgan fingerprint density at radius 1 is 1.56 bits per heavy atom. The highest BCUT2D eigenvalue weighted by molar-refractivity contribution is 5.85. The Balaban J connectivity index is 2.61. The molecule has 0 radical (unpaired) electrons. The van der Waals surface area contributed by atoms with Crippen LogP contribution in [0.5, 0.6) is 0 Å². The number of carbonyl (C=O) groups is 1. The van der Waals surface area contributed by atoms with E-state index in [9.17, 15) is 4.79 Å². The number of azide groups is 1. The van der Waals surface area contributed by atoms with Crippen molar-refractivity contribution in [3.8, 4) is 0 Å². The largest absolute Gasteiger partial charge is 0.368 e. The summed E-state index contributed by atoms with van der Waals surface area (Å²) < 4.78 is 0. The molecule has 0 heterocycles. The van der Waals surface area contributed by atoms with E-state index in [1.807, 2.05) is 0 Å². The zero-order chi connectivity index (χ0) is 13.6. The lowest BCUT2D eigenvalue weighted by atomic mass is 9.69. The number of hydrogen-bond acceptors (Lipinski definition) is 3. The van der Waals surface area contributed by atoms with Crippen LogP contribution in [0.1, 0.15) is 39.5 Å². The van der Waals surface area contributed by atoms with Crippen LogP contribution in [0, 0.1) is 11.8 Å². The summed E-state index contributed by atoms with van der Waals surface area (Å²) in [5, 5.41) is 6.80. The highest BCUT2D eigenvalue weighted by Gasteiger charge is 2.44. The summed E-state index contributed by atoms with van der Waals surface area (Å²) in [5.74, 6) is 0.509. The van der Waals surface area contributed by atoms with Gasteiger partial charge in [-0.05, 0) is 43.2 Å². The maximum absolute atomic E-state index is 11.8. The van der Waals surface area contributed by atoms with E-state index in [-0.39, 0.29) is 11.8 Å². The highest BCUT2D eigenvalue weighted by Crippen LogP contribution is 2.36. The van der Waals surface area contributed by atoms with Crippen molar-refractivity contribution in [1.29, 1.82) is 0 Å². The Kier molecular flexibility index (Phi) is 5.44. The Bertz CT molecular complexity index is 339. The first-order chi connectivity index (χ1) is 8.53. The summed E-state index contributed by atoms with van der Waals surface area (Å²) in [4.78, 5) is 14.5. The molecule has 0 aromatic rings. The average molecular weight is 253 g/mol. The van der Waals surface area contributed by atoms with Crippen molar-refractivity contribution in [2.75, 3.05) is 13.1 Å². The van der Waals surface area contributed by atoms with E-state index in [1.165, 1.54) is 0 Å². The van der Waals surface area contributed by atoms with Crippen LogP contribution in [0.3, 0.4) is 0 Å². The number of hydrogen-bond donors (Lipinski definition) is 2. The predicted molar refractivity (Wildman–Crippen MR) is 70.7 cm³/mol. The minimum atomic E-state index is -0.589. The van der Waals surface area contributed by atoms with Crippen LogP contribution < -0.4 is 11.1 Å². The van der Waals surface area contributed by atoms with Gasteiger partial charge in [0.2, 0.25) is 5.91 Å². The molecule has 1 fully saturated rings. The van der Waals surface area contributed by atoms with Gasteiger partial charge in [-0.25, -0.2) is 0 Å². The molecule has 6 nitrogen and oxygen atoms in total. The highest BCUT2D eigenvalue weighted by atomic mass is 16.1. The lowest BCUT2D eigenvalue weighted by molar-refractivity contribution is -0.128. The van der Waals surface area contributed by atoms with Crippen LogP contribution >= 0.6 is 0 Å². The van der Waals surface area contributed by atoms with E-state index in [1.54, 1.807) is 0 Å². The van der Waals surface area contributed by atoms with E-state index >= 15 is 0 Å². The summed E-state index contributed by atoms with van der Waals surface area (Å²) in [7, 11) is 0. The van der Waals surface area contributed by atoms with Crippen molar-refractivity contribution in [3.05, 3.63) is 10.4 Å². The normalized spacial score (nSPS) is 31.7. The molecule has 0 aliphatic heterocycles. The molecule has 1 amide bonds. The van der Waals surface area contributed by atoms with Crippen molar-refractivity contribution in [3.63, 3.8) is 0 Å². The molecule has 3 unspecified atom stereocenters. The SMILES string of the molecule is CC1CCC(C)C(NCCCN=[N+]=[N-])(C(N)=O)C1. The molecule has 0 spiro atoms. The average Bonchev–Trinajstić information content (AvgIpc) is 2.33. The Hall–Kier alpha value is -1.26. The summed E-state index contributed by atoms with van der Waals surface area (Å²) >= 11 is 0. The fraction of sp³-hybridized carbons (Fsp3) is 0.917. The molecule has 3 N–H and O–H groups in total. The first-order valence-electron chi connectivity index (χ1n) is 6.58. The number of nitrogens with zero attached hydrogens (tertiary/aromatic N) is 3. The monoisotopic (exact) mass is 253 g/mol. The van der Waals surface area contributed by atoms with Gasteiger partial charge in [0.25, 0.3) is 0 Å². The summed E-state index contributed by atoms with van der Waals surface area (Å²) in [6, 6.07) is 0. The predicted octanol–water partition coefficient (Wildman–Crippen LogP) is 1.96. The molecule has 18 heavy (non-hydrogen) atoms. The molecule has 1 rings (SSSR count). The second kappa shape index (κ2) is 6.61. The third-order valence-corrected chi connectivity index (χ3v) is 3.98. The summed E-state index contributed by atoms with van der Waals surface area (Å²) in [5.41, 5.74) is 13.2. The van der Waals surface area contributed by atoms with Crippen LogP contribution in [0.25, 0.3) is 10.4 Å². The maximum Gasteiger partial charge on any atom is 0.238 e. The van der Waals surface area contributed by atoms with Crippen molar-refractivity contribution in [2.24, 2.45) is 22.7 Å². The topological polar surface area (TPSA) is 104 Å². The molecule has 3 atom stereocenters. The van der Waals surface area contributed by atoms with Crippen molar-refractivity contribution in [1.82, 2.24) is 5.32 Å². The van der Waals surface area contributed by atoms with Crippen molar-refractivity contribution < 1.29 is 4.79 Å².